The average molecular weight is 284 g/mol. The standard InChI is InChI=1S/C15H28N2OS/c1-10(2)13-9-19-14(17-13)12(16-11(3)4)8-15(5,6)18-7/h9-12,16H,8H2,1-7H3. The summed E-state index contributed by atoms with van der Waals surface area (Å²) in [5.74, 6) is 0.486. The van der Waals surface area contributed by atoms with E-state index < -0.39 is 0 Å². The lowest BCUT2D eigenvalue weighted by molar-refractivity contribution is 0.00614. The zero-order valence-electron chi connectivity index (χ0n) is 13.3. The van der Waals surface area contributed by atoms with Crippen LogP contribution < -0.4 is 5.32 Å². The maximum atomic E-state index is 5.56. The molecule has 4 heteroatoms. The Morgan fingerprint density at radius 1 is 1.32 bits per heavy atom. The quantitative estimate of drug-likeness (QED) is 0.818. The second-order valence-electron chi connectivity index (χ2n) is 6.31. The SMILES string of the molecule is COC(C)(C)CC(NC(C)C)c1nc(C(C)C)cs1. The molecule has 0 saturated carbocycles. The van der Waals surface area contributed by atoms with Gasteiger partial charge in [-0.25, -0.2) is 4.98 Å². The van der Waals surface area contributed by atoms with Crippen molar-refractivity contribution in [2.24, 2.45) is 0 Å². The molecule has 110 valence electrons. The fourth-order valence-corrected chi connectivity index (χ4v) is 2.96. The minimum absolute atomic E-state index is 0.143. The minimum atomic E-state index is -0.143. The lowest BCUT2D eigenvalue weighted by atomic mass is 9.98. The molecule has 0 aliphatic rings. The van der Waals surface area contributed by atoms with Crippen LogP contribution in [0.5, 0.6) is 0 Å². The average Bonchev–Trinajstić information content (AvgIpc) is 2.76. The van der Waals surface area contributed by atoms with Crippen LogP contribution in [0.1, 0.15) is 70.6 Å². The predicted molar refractivity (Wildman–Crippen MR) is 82.9 cm³/mol. The van der Waals surface area contributed by atoms with Gasteiger partial charge in [-0.2, -0.15) is 0 Å². The summed E-state index contributed by atoms with van der Waals surface area (Å²) < 4.78 is 5.56. The first-order valence-electron chi connectivity index (χ1n) is 7.01. The van der Waals surface area contributed by atoms with Crippen molar-refractivity contribution in [3.8, 4) is 0 Å². The van der Waals surface area contributed by atoms with Crippen molar-refractivity contribution in [1.29, 1.82) is 0 Å². The fraction of sp³-hybridized carbons (Fsp3) is 0.800. The minimum Gasteiger partial charge on any atom is -0.379 e. The maximum absolute atomic E-state index is 5.56. The number of rotatable bonds is 7. The molecule has 1 rings (SSSR count). The lowest BCUT2D eigenvalue weighted by Gasteiger charge is -2.29. The van der Waals surface area contributed by atoms with E-state index in [4.69, 9.17) is 9.72 Å². The van der Waals surface area contributed by atoms with E-state index in [-0.39, 0.29) is 11.6 Å². The van der Waals surface area contributed by atoms with E-state index >= 15 is 0 Å². The first-order valence-corrected chi connectivity index (χ1v) is 7.89. The van der Waals surface area contributed by atoms with Gasteiger partial charge < -0.3 is 10.1 Å². The van der Waals surface area contributed by atoms with Crippen LogP contribution in [0.25, 0.3) is 0 Å². The van der Waals surface area contributed by atoms with E-state index in [1.807, 2.05) is 0 Å². The summed E-state index contributed by atoms with van der Waals surface area (Å²) in [6.45, 7) is 13.0. The summed E-state index contributed by atoms with van der Waals surface area (Å²) in [7, 11) is 1.77. The van der Waals surface area contributed by atoms with Crippen LogP contribution in [-0.4, -0.2) is 23.7 Å². The van der Waals surface area contributed by atoms with E-state index in [2.05, 4.69) is 52.2 Å². The number of hydrogen-bond donors (Lipinski definition) is 1. The summed E-state index contributed by atoms with van der Waals surface area (Å²) in [6.07, 6.45) is 0.923. The molecule has 0 radical (unpaired) electrons. The first-order chi connectivity index (χ1) is 8.75. The molecule has 0 bridgehead atoms. The van der Waals surface area contributed by atoms with E-state index in [0.29, 0.717) is 12.0 Å². The zero-order chi connectivity index (χ0) is 14.6. The normalized spacial score (nSPS) is 14.4. The summed E-state index contributed by atoms with van der Waals surface area (Å²) in [5.41, 5.74) is 1.04. The van der Waals surface area contributed by atoms with Crippen LogP contribution in [0, 0.1) is 0 Å². The molecule has 0 aliphatic carbocycles. The van der Waals surface area contributed by atoms with Crippen LogP contribution in [-0.2, 0) is 4.74 Å². The summed E-state index contributed by atoms with van der Waals surface area (Å²) in [4.78, 5) is 4.78. The Hall–Kier alpha value is -0.450. The first kappa shape index (κ1) is 16.6. The number of ether oxygens (including phenoxy) is 1. The molecule has 3 nitrogen and oxygen atoms in total. The van der Waals surface area contributed by atoms with E-state index in [1.54, 1.807) is 18.4 Å². The van der Waals surface area contributed by atoms with Crippen molar-refractivity contribution in [2.75, 3.05) is 7.11 Å². The van der Waals surface area contributed by atoms with E-state index in [9.17, 15) is 0 Å². The number of nitrogens with one attached hydrogen (secondary N) is 1. The van der Waals surface area contributed by atoms with Crippen LogP contribution >= 0.6 is 11.3 Å². The largest absolute Gasteiger partial charge is 0.379 e. The van der Waals surface area contributed by atoms with Crippen LogP contribution in [0.2, 0.25) is 0 Å². The van der Waals surface area contributed by atoms with Crippen LogP contribution in [0.4, 0.5) is 0 Å². The molecule has 1 atom stereocenters. The van der Waals surface area contributed by atoms with Crippen LogP contribution in [0.15, 0.2) is 5.38 Å². The van der Waals surface area contributed by atoms with Crippen molar-refractivity contribution in [3.05, 3.63) is 16.1 Å². The highest BCUT2D eigenvalue weighted by Crippen LogP contribution is 2.30. The van der Waals surface area contributed by atoms with Crippen molar-refractivity contribution < 1.29 is 4.74 Å². The topological polar surface area (TPSA) is 34.1 Å². The molecule has 0 amide bonds. The molecular weight excluding hydrogens is 256 g/mol. The molecule has 0 saturated heterocycles. The highest BCUT2D eigenvalue weighted by atomic mass is 32.1. The molecular formula is C15H28N2OS. The second-order valence-corrected chi connectivity index (χ2v) is 7.20. The van der Waals surface area contributed by atoms with Gasteiger partial charge in [0, 0.05) is 18.5 Å². The number of thiazole rings is 1. The van der Waals surface area contributed by atoms with Crippen LogP contribution in [0.3, 0.4) is 0 Å². The molecule has 0 fully saturated rings. The Labute approximate surface area is 121 Å². The number of methoxy groups -OCH3 is 1. The van der Waals surface area contributed by atoms with Crippen molar-refractivity contribution in [1.82, 2.24) is 10.3 Å². The van der Waals surface area contributed by atoms with Gasteiger partial charge in [0.05, 0.1) is 17.3 Å². The van der Waals surface area contributed by atoms with Gasteiger partial charge in [-0.3, -0.25) is 0 Å². The summed E-state index contributed by atoms with van der Waals surface area (Å²) >= 11 is 1.75. The van der Waals surface area contributed by atoms with Crippen molar-refractivity contribution >= 4 is 11.3 Å². The summed E-state index contributed by atoms with van der Waals surface area (Å²) in [5, 5.41) is 6.95. The van der Waals surface area contributed by atoms with Gasteiger partial charge in [0.1, 0.15) is 5.01 Å². The molecule has 19 heavy (non-hydrogen) atoms. The Balaban J connectivity index is 2.89. The Kier molecular flexibility index (Phi) is 5.96. The molecule has 0 spiro atoms. The van der Waals surface area contributed by atoms with Crippen molar-refractivity contribution in [2.45, 2.75) is 71.6 Å². The van der Waals surface area contributed by atoms with Gasteiger partial charge in [0.15, 0.2) is 0 Å². The zero-order valence-corrected chi connectivity index (χ0v) is 14.1. The molecule has 0 aliphatic heterocycles. The third-order valence-electron chi connectivity index (χ3n) is 3.21. The molecule has 1 aromatic rings. The molecule has 1 aromatic heterocycles. The summed E-state index contributed by atoms with van der Waals surface area (Å²) in [6, 6.07) is 0.691. The third kappa shape index (κ3) is 5.21. The van der Waals surface area contributed by atoms with Gasteiger partial charge in [0.2, 0.25) is 0 Å². The van der Waals surface area contributed by atoms with E-state index in [1.165, 1.54) is 10.7 Å². The van der Waals surface area contributed by atoms with E-state index in [0.717, 1.165) is 6.42 Å². The number of aromatic nitrogens is 1. The van der Waals surface area contributed by atoms with Gasteiger partial charge >= 0.3 is 0 Å². The molecule has 1 unspecified atom stereocenters. The van der Waals surface area contributed by atoms with Gasteiger partial charge in [-0.1, -0.05) is 27.7 Å². The molecule has 1 N–H and O–H groups in total. The molecule has 0 aromatic carbocycles. The highest BCUT2D eigenvalue weighted by Gasteiger charge is 2.26. The molecule has 1 heterocycles. The Morgan fingerprint density at radius 3 is 2.37 bits per heavy atom. The predicted octanol–water partition coefficient (Wildman–Crippen LogP) is 4.12. The second kappa shape index (κ2) is 6.82. The monoisotopic (exact) mass is 284 g/mol. The van der Waals surface area contributed by atoms with Gasteiger partial charge in [-0.15, -0.1) is 11.3 Å². The maximum Gasteiger partial charge on any atom is 0.110 e. The highest BCUT2D eigenvalue weighted by molar-refractivity contribution is 7.09. The number of nitrogens with zero attached hydrogens (tertiary/aromatic N) is 1. The Bertz CT molecular complexity index is 385. The fourth-order valence-electron chi connectivity index (χ4n) is 1.92. The third-order valence-corrected chi connectivity index (χ3v) is 4.19. The lowest BCUT2D eigenvalue weighted by Crippen LogP contribution is -2.35. The Morgan fingerprint density at radius 2 is 1.95 bits per heavy atom. The van der Waals surface area contributed by atoms with Gasteiger partial charge in [0.25, 0.3) is 0 Å². The smallest absolute Gasteiger partial charge is 0.110 e. The number of hydrogen-bond acceptors (Lipinski definition) is 4. The van der Waals surface area contributed by atoms with Gasteiger partial charge in [-0.05, 0) is 26.2 Å². The van der Waals surface area contributed by atoms with Crippen molar-refractivity contribution in [3.63, 3.8) is 0 Å².